The standard InChI is InChI=1S/C12H16N4OS/c1-7-4-8-10(14-6-7)16(11(18)15-8)12(2,3)5-9(13)17/h4,6H,5H2,1-3H3,(H2,13,17)(H,15,18). The molecule has 0 aromatic carbocycles. The van der Waals surface area contributed by atoms with Crippen molar-refractivity contribution in [2.24, 2.45) is 5.73 Å². The highest BCUT2D eigenvalue weighted by atomic mass is 32.1. The van der Waals surface area contributed by atoms with Gasteiger partial charge >= 0.3 is 0 Å². The zero-order valence-corrected chi connectivity index (χ0v) is 11.5. The van der Waals surface area contributed by atoms with E-state index in [2.05, 4.69) is 9.97 Å². The first-order valence-electron chi connectivity index (χ1n) is 5.67. The van der Waals surface area contributed by atoms with Crippen molar-refractivity contribution in [1.82, 2.24) is 14.5 Å². The second kappa shape index (κ2) is 4.20. The largest absolute Gasteiger partial charge is 0.370 e. The molecule has 96 valence electrons. The summed E-state index contributed by atoms with van der Waals surface area (Å²) in [4.78, 5) is 18.7. The van der Waals surface area contributed by atoms with Gasteiger partial charge in [-0.1, -0.05) is 0 Å². The summed E-state index contributed by atoms with van der Waals surface area (Å²) < 4.78 is 2.40. The number of hydrogen-bond acceptors (Lipinski definition) is 3. The summed E-state index contributed by atoms with van der Waals surface area (Å²) in [7, 11) is 0. The molecule has 0 spiro atoms. The fraction of sp³-hybridized carbons (Fsp3) is 0.417. The lowest BCUT2D eigenvalue weighted by Gasteiger charge is -2.25. The van der Waals surface area contributed by atoms with Crippen LogP contribution in [0, 0.1) is 11.7 Å². The minimum atomic E-state index is -0.497. The number of nitrogens with two attached hydrogens (primary N) is 1. The van der Waals surface area contributed by atoms with Gasteiger partial charge in [0.05, 0.1) is 11.1 Å². The van der Waals surface area contributed by atoms with Crippen LogP contribution < -0.4 is 5.73 Å². The average Bonchev–Trinajstić information content (AvgIpc) is 2.51. The van der Waals surface area contributed by atoms with E-state index in [9.17, 15) is 4.79 Å². The fourth-order valence-electron chi connectivity index (χ4n) is 2.17. The Labute approximate surface area is 110 Å². The molecule has 0 unspecified atom stereocenters. The fourth-order valence-corrected chi connectivity index (χ4v) is 2.61. The molecule has 3 N–H and O–H groups in total. The molecule has 0 atom stereocenters. The third-order valence-corrected chi connectivity index (χ3v) is 3.16. The molecule has 6 heteroatoms. The number of amides is 1. The van der Waals surface area contributed by atoms with Crippen molar-refractivity contribution in [2.75, 3.05) is 0 Å². The topological polar surface area (TPSA) is 76.7 Å². The van der Waals surface area contributed by atoms with Crippen LogP contribution in [0.1, 0.15) is 25.8 Å². The number of primary amides is 1. The molecule has 5 nitrogen and oxygen atoms in total. The van der Waals surface area contributed by atoms with Crippen LogP contribution in [0.3, 0.4) is 0 Å². The van der Waals surface area contributed by atoms with E-state index in [1.165, 1.54) is 0 Å². The van der Waals surface area contributed by atoms with E-state index in [-0.39, 0.29) is 12.3 Å². The Balaban J connectivity index is 2.67. The Hall–Kier alpha value is -1.69. The Morgan fingerprint density at radius 3 is 2.89 bits per heavy atom. The van der Waals surface area contributed by atoms with Gasteiger partial charge in [-0.2, -0.15) is 0 Å². The summed E-state index contributed by atoms with van der Waals surface area (Å²) in [6.07, 6.45) is 1.99. The average molecular weight is 264 g/mol. The number of hydrogen-bond donors (Lipinski definition) is 2. The van der Waals surface area contributed by atoms with E-state index in [1.807, 2.05) is 31.4 Å². The van der Waals surface area contributed by atoms with Crippen LogP contribution in [0.15, 0.2) is 12.3 Å². The number of aromatic amines is 1. The smallest absolute Gasteiger partial charge is 0.219 e. The first kappa shape index (κ1) is 12.8. The first-order chi connectivity index (χ1) is 8.31. The van der Waals surface area contributed by atoms with Gasteiger partial charge in [0.1, 0.15) is 0 Å². The van der Waals surface area contributed by atoms with Gasteiger partial charge in [0.2, 0.25) is 5.91 Å². The number of carbonyl (C=O) groups excluding carboxylic acids is 1. The number of nitrogens with one attached hydrogen (secondary N) is 1. The number of imidazole rings is 1. The lowest BCUT2D eigenvalue weighted by Crippen LogP contribution is -2.32. The van der Waals surface area contributed by atoms with Gasteiger partial charge in [0.25, 0.3) is 0 Å². The van der Waals surface area contributed by atoms with E-state index >= 15 is 0 Å². The summed E-state index contributed by atoms with van der Waals surface area (Å²) in [5.41, 5.74) is 7.46. The van der Waals surface area contributed by atoms with Crippen LogP contribution in [0.5, 0.6) is 0 Å². The molecule has 0 aliphatic carbocycles. The van der Waals surface area contributed by atoms with Crippen molar-refractivity contribution in [3.63, 3.8) is 0 Å². The van der Waals surface area contributed by atoms with Crippen molar-refractivity contribution < 1.29 is 4.79 Å². The molecule has 2 aromatic rings. The van der Waals surface area contributed by atoms with Crippen LogP contribution in [-0.4, -0.2) is 20.4 Å². The van der Waals surface area contributed by atoms with Gasteiger partial charge in [0.15, 0.2) is 10.4 Å². The Morgan fingerprint density at radius 2 is 2.28 bits per heavy atom. The molecule has 0 aliphatic heterocycles. The molecule has 0 aliphatic rings. The molecule has 18 heavy (non-hydrogen) atoms. The molecule has 0 saturated heterocycles. The van der Waals surface area contributed by atoms with E-state index in [1.54, 1.807) is 6.20 Å². The molecule has 2 heterocycles. The molecule has 0 radical (unpaired) electrons. The maximum atomic E-state index is 11.2. The van der Waals surface area contributed by atoms with Crippen LogP contribution in [0.2, 0.25) is 0 Å². The van der Waals surface area contributed by atoms with Crippen molar-refractivity contribution in [1.29, 1.82) is 0 Å². The maximum absolute atomic E-state index is 11.2. The SMILES string of the molecule is Cc1cnc2c(c1)[nH]c(=S)n2C(C)(C)CC(N)=O. The number of pyridine rings is 1. The van der Waals surface area contributed by atoms with Gasteiger partial charge in [-0.05, 0) is 44.6 Å². The second-order valence-electron chi connectivity index (χ2n) is 5.10. The molecule has 0 saturated carbocycles. The van der Waals surface area contributed by atoms with Crippen LogP contribution in [0.25, 0.3) is 11.2 Å². The summed E-state index contributed by atoms with van der Waals surface area (Å²) >= 11 is 5.31. The monoisotopic (exact) mass is 264 g/mol. The first-order valence-corrected chi connectivity index (χ1v) is 6.08. The number of fused-ring (bicyclic) bond motifs is 1. The number of carbonyl (C=O) groups is 1. The van der Waals surface area contributed by atoms with Gasteiger partial charge in [-0.3, -0.25) is 9.36 Å². The third-order valence-electron chi connectivity index (χ3n) is 2.87. The lowest BCUT2D eigenvalue weighted by atomic mass is 10.00. The van der Waals surface area contributed by atoms with Gasteiger partial charge < -0.3 is 10.7 Å². The molecular weight excluding hydrogens is 248 g/mol. The highest BCUT2D eigenvalue weighted by Gasteiger charge is 2.26. The molecule has 0 fully saturated rings. The van der Waals surface area contributed by atoms with E-state index in [0.29, 0.717) is 4.77 Å². The molecule has 2 rings (SSSR count). The Bertz CT molecular complexity index is 668. The zero-order chi connectivity index (χ0) is 13.5. The molecule has 0 bridgehead atoms. The zero-order valence-electron chi connectivity index (χ0n) is 10.7. The van der Waals surface area contributed by atoms with E-state index < -0.39 is 5.54 Å². The van der Waals surface area contributed by atoms with Gasteiger partial charge in [-0.25, -0.2) is 4.98 Å². The normalized spacial score (nSPS) is 11.9. The Kier molecular flexibility index (Phi) is 2.98. The summed E-state index contributed by atoms with van der Waals surface area (Å²) in [6, 6.07) is 1.98. The molecule has 1 amide bonds. The molecular formula is C12H16N4OS. The summed E-state index contributed by atoms with van der Waals surface area (Å²) in [6.45, 7) is 5.81. The highest BCUT2D eigenvalue weighted by Crippen LogP contribution is 2.25. The predicted octanol–water partition coefficient (Wildman–Crippen LogP) is 2.01. The highest BCUT2D eigenvalue weighted by molar-refractivity contribution is 7.71. The number of nitrogens with zero attached hydrogens (tertiary/aromatic N) is 2. The van der Waals surface area contributed by atoms with Crippen molar-refractivity contribution in [3.8, 4) is 0 Å². The van der Waals surface area contributed by atoms with Crippen molar-refractivity contribution in [3.05, 3.63) is 22.6 Å². The third kappa shape index (κ3) is 2.15. The van der Waals surface area contributed by atoms with E-state index in [4.69, 9.17) is 18.0 Å². The quantitative estimate of drug-likeness (QED) is 0.833. The Morgan fingerprint density at radius 1 is 1.61 bits per heavy atom. The molecule has 2 aromatic heterocycles. The van der Waals surface area contributed by atoms with Crippen LogP contribution in [0.4, 0.5) is 0 Å². The second-order valence-corrected chi connectivity index (χ2v) is 5.49. The van der Waals surface area contributed by atoms with E-state index in [0.717, 1.165) is 16.7 Å². The number of aryl methyl sites for hydroxylation is 1. The number of H-pyrrole nitrogens is 1. The minimum absolute atomic E-state index is 0.212. The van der Waals surface area contributed by atoms with Gasteiger partial charge in [0, 0.05) is 12.6 Å². The van der Waals surface area contributed by atoms with Crippen molar-refractivity contribution in [2.45, 2.75) is 32.7 Å². The minimum Gasteiger partial charge on any atom is -0.370 e. The number of rotatable bonds is 3. The summed E-state index contributed by atoms with van der Waals surface area (Å²) in [5.74, 6) is -0.358. The maximum Gasteiger partial charge on any atom is 0.219 e. The van der Waals surface area contributed by atoms with Crippen LogP contribution >= 0.6 is 12.2 Å². The van der Waals surface area contributed by atoms with Crippen LogP contribution in [-0.2, 0) is 10.3 Å². The van der Waals surface area contributed by atoms with Gasteiger partial charge in [-0.15, -0.1) is 0 Å². The predicted molar refractivity (Wildman–Crippen MR) is 72.8 cm³/mol. The van der Waals surface area contributed by atoms with Crippen molar-refractivity contribution >= 4 is 29.3 Å². The summed E-state index contributed by atoms with van der Waals surface area (Å²) in [5, 5.41) is 0. The number of aromatic nitrogens is 3. The lowest BCUT2D eigenvalue weighted by molar-refractivity contribution is -0.119.